The lowest BCUT2D eigenvalue weighted by Crippen LogP contribution is -2.41. The smallest absolute Gasteiger partial charge is 0.310 e. The highest BCUT2D eigenvalue weighted by atomic mass is 127. The van der Waals surface area contributed by atoms with Crippen LogP contribution in [0.3, 0.4) is 0 Å². The van der Waals surface area contributed by atoms with Gasteiger partial charge in [-0.25, -0.2) is 0 Å². The van der Waals surface area contributed by atoms with Gasteiger partial charge in [0.05, 0.1) is 19.6 Å². The van der Waals surface area contributed by atoms with Crippen LogP contribution in [0.15, 0.2) is 35.3 Å². The van der Waals surface area contributed by atoms with Crippen LogP contribution in [0.2, 0.25) is 0 Å². The van der Waals surface area contributed by atoms with E-state index in [1.807, 2.05) is 19.9 Å². The van der Waals surface area contributed by atoms with Crippen LogP contribution in [0.4, 0.5) is 0 Å². The van der Waals surface area contributed by atoms with Gasteiger partial charge in [-0.2, -0.15) is 0 Å². The molecule has 6 heteroatoms. The predicted octanol–water partition coefficient (Wildman–Crippen LogP) is 2.70. The number of carbonyl (C=O) groups is 1. The van der Waals surface area contributed by atoms with Gasteiger partial charge in [-0.3, -0.25) is 9.79 Å². The second-order valence-corrected chi connectivity index (χ2v) is 6.15. The molecule has 1 aliphatic rings. The maximum absolute atomic E-state index is 11.5. The summed E-state index contributed by atoms with van der Waals surface area (Å²) in [4.78, 5) is 16.2. The quantitative estimate of drug-likeness (QED) is 0.293. The van der Waals surface area contributed by atoms with Crippen molar-refractivity contribution < 1.29 is 9.53 Å². The van der Waals surface area contributed by atoms with E-state index >= 15 is 0 Å². The molecular weight excluding hydrogens is 417 g/mol. The van der Waals surface area contributed by atoms with Gasteiger partial charge in [0, 0.05) is 18.5 Å². The SMILES string of the molecule is CCNC(=NCC1(c2ccccc2)CC1)NCC(C)C(=O)OC.I. The molecule has 1 aromatic rings. The van der Waals surface area contributed by atoms with E-state index in [9.17, 15) is 4.79 Å². The Morgan fingerprint density at radius 1 is 1.29 bits per heavy atom. The number of hydrogen-bond acceptors (Lipinski definition) is 3. The standard InChI is InChI=1S/C18H27N3O2.HI/c1-4-19-17(20-12-14(2)16(22)23-3)21-13-18(10-11-18)15-8-6-5-7-9-15;/h5-9,14H,4,10-13H2,1-3H3,(H2,19,20,21);1H. The number of benzene rings is 1. The lowest BCUT2D eigenvalue weighted by Gasteiger charge is -2.17. The first kappa shape index (κ1) is 20.7. The molecule has 1 aliphatic carbocycles. The third kappa shape index (κ3) is 5.65. The van der Waals surface area contributed by atoms with Gasteiger partial charge in [0.25, 0.3) is 0 Å². The summed E-state index contributed by atoms with van der Waals surface area (Å²) < 4.78 is 4.75. The minimum atomic E-state index is -0.212. The second kappa shape index (κ2) is 9.86. The molecule has 0 bridgehead atoms. The van der Waals surface area contributed by atoms with Crippen LogP contribution in [0.5, 0.6) is 0 Å². The van der Waals surface area contributed by atoms with Gasteiger partial charge in [-0.15, -0.1) is 24.0 Å². The van der Waals surface area contributed by atoms with Crippen molar-refractivity contribution in [3.8, 4) is 0 Å². The fraction of sp³-hybridized carbons (Fsp3) is 0.556. The summed E-state index contributed by atoms with van der Waals surface area (Å²) in [5, 5.41) is 6.46. The van der Waals surface area contributed by atoms with E-state index in [2.05, 4.69) is 34.9 Å². The molecule has 0 spiro atoms. The minimum Gasteiger partial charge on any atom is -0.469 e. The Morgan fingerprint density at radius 2 is 1.96 bits per heavy atom. The van der Waals surface area contributed by atoms with Crippen LogP contribution < -0.4 is 10.6 Å². The number of nitrogens with one attached hydrogen (secondary N) is 2. The van der Waals surface area contributed by atoms with Crippen LogP contribution in [-0.2, 0) is 14.9 Å². The van der Waals surface area contributed by atoms with Crippen molar-refractivity contribution in [1.29, 1.82) is 0 Å². The molecule has 2 N–H and O–H groups in total. The number of aliphatic imine (C=N–C) groups is 1. The number of methoxy groups -OCH3 is 1. The number of hydrogen-bond donors (Lipinski definition) is 2. The van der Waals surface area contributed by atoms with Crippen molar-refractivity contribution >= 4 is 35.9 Å². The van der Waals surface area contributed by atoms with Gasteiger partial charge in [-0.05, 0) is 25.3 Å². The summed E-state index contributed by atoms with van der Waals surface area (Å²) in [5.41, 5.74) is 1.56. The van der Waals surface area contributed by atoms with E-state index in [0.29, 0.717) is 6.54 Å². The fourth-order valence-electron chi connectivity index (χ4n) is 2.59. The predicted molar refractivity (Wildman–Crippen MR) is 108 cm³/mol. The molecule has 2 rings (SSSR count). The number of guanidine groups is 1. The second-order valence-electron chi connectivity index (χ2n) is 6.15. The molecule has 5 nitrogen and oxygen atoms in total. The van der Waals surface area contributed by atoms with Gasteiger partial charge in [-0.1, -0.05) is 37.3 Å². The van der Waals surface area contributed by atoms with Crippen molar-refractivity contribution in [2.75, 3.05) is 26.7 Å². The molecule has 24 heavy (non-hydrogen) atoms. The van der Waals surface area contributed by atoms with E-state index in [4.69, 9.17) is 9.73 Å². The molecular formula is C18H28IN3O2. The highest BCUT2D eigenvalue weighted by molar-refractivity contribution is 14.0. The zero-order valence-corrected chi connectivity index (χ0v) is 17.0. The average molecular weight is 445 g/mol. The molecule has 0 aromatic heterocycles. The number of nitrogens with zero attached hydrogens (tertiary/aromatic N) is 1. The zero-order chi connectivity index (χ0) is 16.7. The summed E-state index contributed by atoms with van der Waals surface area (Å²) in [7, 11) is 1.41. The minimum absolute atomic E-state index is 0. The van der Waals surface area contributed by atoms with E-state index in [1.165, 1.54) is 25.5 Å². The number of halogens is 1. The third-order valence-corrected chi connectivity index (χ3v) is 4.30. The molecule has 0 amide bonds. The molecule has 0 saturated heterocycles. The molecule has 1 saturated carbocycles. The Kier molecular flexibility index (Phi) is 8.52. The highest BCUT2D eigenvalue weighted by Crippen LogP contribution is 2.48. The lowest BCUT2D eigenvalue weighted by atomic mass is 9.96. The van der Waals surface area contributed by atoms with Gasteiger partial charge >= 0.3 is 5.97 Å². The summed E-state index contributed by atoms with van der Waals surface area (Å²) in [6.07, 6.45) is 2.36. The van der Waals surface area contributed by atoms with Crippen LogP contribution in [-0.4, -0.2) is 38.7 Å². The Balaban J connectivity index is 0.00000288. The van der Waals surface area contributed by atoms with Gasteiger partial charge in [0.15, 0.2) is 5.96 Å². The average Bonchev–Trinajstić information content (AvgIpc) is 3.38. The van der Waals surface area contributed by atoms with Gasteiger partial charge < -0.3 is 15.4 Å². The van der Waals surface area contributed by atoms with Crippen molar-refractivity contribution in [3.05, 3.63) is 35.9 Å². The number of ether oxygens (including phenoxy) is 1. The molecule has 1 atom stereocenters. The zero-order valence-electron chi connectivity index (χ0n) is 14.7. The summed E-state index contributed by atoms with van der Waals surface area (Å²) in [6, 6.07) is 10.6. The first-order valence-corrected chi connectivity index (χ1v) is 8.27. The fourth-order valence-corrected chi connectivity index (χ4v) is 2.59. The molecule has 0 aliphatic heterocycles. The topological polar surface area (TPSA) is 62.7 Å². The summed E-state index contributed by atoms with van der Waals surface area (Å²) in [6.45, 7) is 5.94. The Bertz CT molecular complexity index is 544. The van der Waals surface area contributed by atoms with Gasteiger partial charge in [0.2, 0.25) is 0 Å². The molecule has 0 radical (unpaired) electrons. The molecule has 1 fully saturated rings. The first-order valence-electron chi connectivity index (χ1n) is 8.27. The first-order chi connectivity index (χ1) is 11.1. The van der Waals surface area contributed by atoms with E-state index in [1.54, 1.807) is 0 Å². The highest BCUT2D eigenvalue weighted by Gasteiger charge is 2.43. The Labute approximate surface area is 161 Å². The van der Waals surface area contributed by atoms with Crippen molar-refractivity contribution in [2.45, 2.75) is 32.1 Å². The molecule has 1 unspecified atom stereocenters. The third-order valence-electron chi connectivity index (χ3n) is 4.30. The van der Waals surface area contributed by atoms with Crippen molar-refractivity contribution in [2.24, 2.45) is 10.9 Å². The normalized spacial score (nSPS) is 16.5. The summed E-state index contributed by atoms with van der Waals surface area (Å²) in [5.74, 6) is 0.342. The Hall–Kier alpha value is -1.31. The lowest BCUT2D eigenvalue weighted by molar-refractivity contribution is -0.144. The van der Waals surface area contributed by atoms with Crippen molar-refractivity contribution in [1.82, 2.24) is 10.6 Å². The largest absolute Gasteiger partial charge is 0.469 e. The maximum atomic E-state index is 11.5. The molecule has 134 valence electrons. The molecule has 1 aromatic carbocycles. The monoisotopic (exact) mass is 445 g/mol. The van der Waals surface area contributed by atoms with Crippen LogP contribution in [0.25, 0.3) is 0 Å². The summed E-state index contributed by atoms with van der Waals surface area (Å²) >= 11 is 0. The number of esters is 1. The maximum Gasteiger partial charge on any atom is 0.310 e. The van der Waals surface area contributed by atoms with Gasteiger partial charge in [0.1, 0.15) is 0 Å². The number of rotatable bonds is 7. The van der Waals surface area contributed by atoms with Crippen LogP contribution >= 0.6 is 24.0 Å². The number of carbonyl (C=O) groups excluding carboxylic acids is 1. The van der Waals surface area contributed by atoms with E-state index in [-0.39, 0.29) is 41.3 Å². The van der Waals surface area contributed by atoms with Crippen LogP contribution in [0, 0.1) is 5.92 Å². The van der Waals surface area contributed by atoms with E-state index in [0.717, 1.165) is 19.0 Å². The molecule has 0 heterocycles. The Morgan fingerprint density at radius 3 is 2.50 bits per heavy atom. The van der Waals surface area contributed by atoms with Crippen LogP contribution in [0.1, 0.15) is 32.3 Å². The van der Waals surface area contributed by atoms with Crippen molar-refractivity contribution in [3.63, 3.8) is 0 Å². The van der Waals surface area contributed by atoms with E-state index < -0.39 is 0 Å².